The van der Waals surface area contributed by atoms with E-state index in [2.05, 4.69) is 0 Å². The minimum Gasteiger partial charge on any atom is -0.396 e. The van der Waals surface area contributed by atoms with Gasteiger partial charge in [-0.15, -0.1) is 0 Å². The van der Waals surface area contributed by atoms with E-state index in [0.29, 0.717) is 19.6 Å². The lowest BCUT2D eigenvalue weighted by Crippen LogP contribution is -2.23. The summed E-state index contributed by atoms with van der Waals surface area (Å²) in [6.45, 7) is 3.02. The predicted molar refractivity (Wildman–Crippen MR) is 63.0 cm³/mol. The summed E-state index contributed by atoms with van der Waals surface area (Å²) in [6.07, 6.45) is -0.0728. The summed E-state index contributed by atoms with van der Waals surface area (Å²) < 4.78 is 5.51. The van der Waals surface area contributed by atoms with Crippen LogP contribution in [0, 0.1) is 5.92 Å². The average molecular weight is 224 g/mol. The molecule has 16 heavy (non-hydrogen) atoms. The van der Waals surface area contributed by atoms with Crippen molar-refractivity contribution in [3.05, 3.63) is 35.9 Å². The van der Waals surface area contributed by atoms with Gasteiger partial charge in [0.25, 0.3) is 0 Å². The Kier molecular flexibility index (Phi) is 6.08. The third-order valence-corrected chi connectivity index (χ3v) is 2.57. The van der Waals surface area contributed by atoms with Gasteiger partial charge in [0.1, 0.15) is 0 Å². The van der Waals surface area contributed by atoms with E-state index in [0.717, 1.165) is 5.56 Å². The topological polar surface area (TPSA) is 49.7 Å². The van der Waals surface area contributed by atoms with Crippen molar-refractivity contribution >= 4 is 0 Å². The molecule has 0 amide bonds. The van der Waals surface area contributed by atoms with Crippen molar-refractivity contribution in [2.45, 2.75) is 26.1 Å². The van der Waals surface area contributed by atoms with Crippen LogP contribution in [0.4, 0.5) is 0 Å². The Balaban J connectivity index is 2.20. The zero-order valence-corrected chi connectivity index (χ0v) is 9.67. The first-order chi connectivity index (χ1) is 7.74. The van der Waals surface area contributed by atoms with Crippen LogP contribution in [-0.4, -0.2) is 29.5 Å². The van der Waals surface area contributed by atoms with Gasteiger partial charge in [-0.25, -0.2) is 0 Å². The van der Waals surface area contributed by atoms with Crippen LogP contribution in [0.5, 0.6) is 0 Å². The lowest BCUT2D eigenvalue weighted by atomic mass is 10.0. The van der Waals surface area contributed by atoms with E-state index in [1.807, 2.05) is 37.3 Å². The highest BCUT2D eigenvalue weighted by molar-refractivity contribution is 5.13. The molecule has 2 atom stereocenters. The smallest absolute Gasteiger partial charge is 0.0717 e. The third kappa shape index (κ3) is 4.75. The maximum atomic E-state index is 9.57. The molecular weight excluding hydrogens is 204 g/mol. The summed E-state index contributed by atoms with van der Waals surface area (Å²) in [5, 5.41) is 18.3. The largest absolute Gasteiger partial charge is 0.396 e. The van der Waals surface area contributed by atoms with Gasteiger partial charge >= 0.3 is 0 Å². The Morgan fingerprint density at radius 3 is 2.56 bits per heavy atom. The van der Waals surface area contributed by atoms with Crippen molar-refractivity contribution in [1.29, 1.82) is 0 Å². The molecule has 0 unspecified atom stereocenters. The Labute approximate surface area is 96.7 Å². The third-order valence-electron chi connectivity index (χ3n) is 2.57. The molecule has 90 valence electrons. The van der Waals surface area contributed by atoms with E-state index in [1.165, 1.54) is 0 Å². The van der Waals surface area contributed by atoms with Gasteiger partial charge in [0.2, 0.25) is 0 Å². The van der Waals surface area contributed by atoms with Crippen molar-refractivity contribution in [3.8, 4) is 0 Å². The van der Waals surface area contributed by atoms with Gasteiger partial charge in [-0.2, -0.15) is 0 Å². The summed E-state index contributed by atoms with van der Waals surface area (Å²) in [5.41, 5.74) is 1.13. The molecule has 1 aromatic rings. The molecule has 3 nitrogen and oxygen atoms in total. The Morgan fingerprint density at radius 2 is 1.94 bits per heavy atom. The molecule has 0 saturated carbocycles. The van der Waals surface area contributed by atoms with E-state index >= 15 is 0 Å². The molecule has 0 aliphatic rings. The average Bonchev–Trinajstić information content (AvgIpc) is 2.30. The Bertz CT molecular complexity index is 274. The van der Waals surface area contributed by atoms with Gasteiger partial charge in [-0.05, 0) is 12.0 Å². The van der Waals surface area contributed by atoms with E-state index in [1.54, 1.807) is 0 Å². The zero-order chi connectivity index (χ0) is 11.8. The fraction of sp³-hybridized carbons (Fsp3) is 0.538. The lowest BCUT2D eigenvalue weighted by molar-refractivity contribution is 0.0182. The molecule has 1 rings (SSSR count). The van der Waals surface area contributed by atoms with E-state index in [-0.39, 0.29) is 12.5 Å². The molecule has 0 aliphatic heterocycles. The quantitative estimate of drug-likeness (QED) is 0.739. The number of aliphatic hydroxyl groups excluding tert-OH is 2. The van der Waals surface area contributed by atoms with Crippen LogP contribution in [0.2, 0.25) is 0 Å². The summed E-state index contributed by atoms with van der Waals surface area (Å²) in [7, 11) is 0. The number of benzene rings is 1. The van der Waals surface area contributed by atoms with Crippen molar-refractivity contribution in [2.24, 2.45) is 5.92 Å². The van der Waals surface area contributed by atoms with E-state index in [4.69, 9.17) is 9.84 Å². The predicted octanol–water partition coefficient (Wildman–Crippen LogP) is 1.58. The van der Waals surface area contributed by atoms with Gasteiger partial charge in [0.05, 0.1) is 19.3 Å². The molecule has 0 radical (unpaired) electrons. The Morgan fingerprint density at radius 1 is 1.25 bits per heavy atom. The first-order valence-corrected chi connectivity index (χ1v) is 5.64. The molecule has 0 fully saturated rings. The molecule has 0 aliphatic carbocycles. The first-order valence-electron chi connectivity index (χ1n) is 5.64. The summed E-state index contributed by atoms with van der Waals surface area (Å²) in [4.78, 5) is 0. The summed E-state index contributed by atoms with van der Waals surface area (Å²) in [5.74, 6) is 0.0517. The molecule has 0 spiro atoms. The van der Waals surface area contributed by atoms with Crippen LogP contribution >= 0.6 is 0 Å². The maximum absolute atomic E-state index is 9.57. The normalized spacial score (nSPS) is 14.7. The fourth-order valence-electron chi connectivity index (χ4n) is 1.46. The highest BCUT2D eigenvalue weighted by atomic mass is 16.5. The molecular formula is C13H20O3. The second-order valence-electron chi connectivity index (χ2n) is 4.06. The fourth-order valence-corrected chi connectivity index (χ4v) is 1.46. The van der Waals surface area contributed by atoms with Crippen molar-refractivity contribution in [2.75, 3.05) is 13.2 Å². The van der Waals surface area contributed by atoms with E-state index < -0.39 is 6.10 Å². The maximum Gasteiger partial charge on any atom is 0.0717 e. The molecule has 1 aromatic carbocycles. The lowest BCUT2D eigenvalue weighted by Gasteiger charge is -2.17. The molecule has 2 N–H and O–H groups in total. The van der Waals surface area contributed by atoms with Gasteiger partial charge in [-0.3, -0.25) is 0 Å². The highest BCUT2D eigenvalue weighted by Gasteiger charge is 2.13. The molecule has 0 heterocycles. The van der Waals surface area contributed by atoms with Crippen molar-refractivity contribution in [1.82, 2.24) is 0 Å². The van der Waals surface area contributed by atoms with Crippen molar-refractivity contribution in [3.63, 3.8) is 0 Å². The van der Waals surface area contributed by atoms with Gasteiger partial charge in [-0.1, -0.05) is 37.3 Å². The van der Waals surface area contributed by atoms with Crippen LogP contribution in [0.25, 0.3) is 0 Å². The monoisotopic (exact) mass is 224 g/mol. The standard InChI is InChI=1S/C13H20O3/c1-11(13(15)7-8-14)9-16-10-12-5-3-2-4-6-12/h2-6,11,13-15H,7-10H2,1H3/t11-,13+/m1/s1. The van der Waals surface area contributed by atoms with Crippen LogP contribution in [0.3, 0.4) is 0 Å². The minimum absolute atomic E-state index is 0.0180. The van der Waals surface area contributed by atoms with Crippen molar-refractivity contribution < 1.29 is 14.9 Å². The van der Waals surface area contributed by atoms with Gasteiger partial charge < -0.3 is 14.9 Å². The Hall–Kier alpha value is -0.900. The zero-order valence-electron chi connectivity index (χ0n) is 9.67. The SMILES string of the molecule is C[C@H](COCc1ccccc1)[C@@H](O)CCO. The van der Waals surface area contributed by atoms with Crippen LogP contribution in [-0.2, 0) is 11.3 Å². The minimum atomic E-state index is -0.485. The number of aliphatic hydroxyl groups is 2. The number of hydrogen-bond donors (Lipinski definition) is 2. The number of hydrogen-bond acceptors (Lipinski definition) is 3. The second-order valence-corrected chi connectivity index (χ2v) is 4.06. The van der Waals surface area contributed by atoms with Gasteiger partial charge in [0, 0.05) is 12.5 Å². The van der Waals surface area contributed by atoms with E-state index in [9.17, 15) is 5.11 Å². The second kappa shape index (κ2) is 7.39. The summed E-state index contributed by atoms with van der Waals surface area (Å²) >= 11 is 0. The van der Waals surface area contributed by atoms with Crippen LogP contribution < -0.4 is 0 Å². The first kappa shape index (κ1) is 13.2. The summed E-state index contributed by atoms with van der Waals surface area (Å²) in [6, 6.07) is 9.94. The van der Waals surface area contributed by atoms with Crippen LogP contribution in [0.15, 0.2) is 30.3 Å². The molecule has 0 saturated heterocycles. The highest BCUT2D eigenvalue weighted by Crippen LogP contribution is 2.09. The van der Waals surface area contributed by atoms with Gasteiger partial charge in [0.15, 0.2) is 0 Å². The molecule has 0 aromatic heterocycles. The molecule has 0 bridgehead atoms. The number of rotatable bonds is 7. The van der Waals surface area contributed by atoms with Crippen LogP contribution in [0.1, 0.15) is 18.9 Å². The number of ether oxygens (including phenoxy) is 1. The molecule has 3 heteroatoms.